The van der Waals surface area contributed by atoms with E-state index in [9.17, 15) is 9.59 Å². The topological polar surface area (TPSA) is 110 Å². The number of urea groups is 2. The first-order valence-corrected chi connectivity index (χ1v) is 3.06. The van der Waals surface area contributed by atoms with Crippen molar-refractivity contribution in [2.75, 3.05) is 0 Å². The monoisotopic (exact) mass is 161 g/mol. The Morgan fingerprint density at radius 2 is 1.82 bits per heavy atom. The highest BCUT2D eigenvalue weighted by atomic mass is 16.3. The van der Waals surface area contributed by atoms with Crippen LogP contribution in [0.25, 0.3) is 0 Å². The van der Waals surface area contributed by atoms with Crippen molar-refractivity contribution in [2.45, 2.75) is 19.6 Å². The number of hydrogen-bond donors (Lipinski definition) is 3. The van der Waals surface area contributed by atoms with E-state index in [-0.39, 0.29) is 6.42 Å². The maximum absolute atomic E-state index is 10.4. The molecule has 0 heterocycles. The lowest BCUT2D eigenvalue weighted by atomic mass is 10.4. The van der Waals surface area contributed by atoms with E-state index in [0.717, 1.165) is 0 Å². The molecule has 0 bridgehead atoms. The summed E-state index contributed by atoms with van der Waals surface area (Å²) in [6, 6.07) is -2.10. The number of nitrogens with zero attached hydrogens (tertiary/aromatic N) is 1. The van der Waals surface area contributed by atoms with Gasteiger partial charge >= 0.3 is 12.1 Å². The number of primary amides is 2. The molecule has 0 spiro atoms. The fourth-order valence-electron chi connectivity index (χ4n) is 0.585. The molecule has 0 aliphatic carbocycles. The second-order valence-corrected chi connectivity index (χ2v) is 1.94. The lowest BCUT2D eigenvalue weighted by Crippen LogP contribution is -2.49. The minimum Gasteiger partial charge on any atom is -0.373 e. The van der Waals surface area contributed by atoms with E-state index in [2.05, 4.69) is 0 Å². The number of aliphatic hydroxyl groups is 1. The van der Waals surface area contributed by atoms with Crippen LogP contribution in [-0.4, -0.2) is 28.3 Å². The number of imide groups is 1. The average Bonchev–Trinajstić information content (AvgIpc) is 1.85. The van der Waals surface area contributed by atoms with Gasteiger partial charge in [-0.15, -0.1) is 0 Å². The molecule has 4 amide bonds. The van der Waals surface area contributed by atoms with Crippen LogP contribution >= 0.6 is 0 Å². The zero-order valence-corrected chi connectivity index (χ0v) is 6.15. The van der Waals surface area contributed by atoms with Crippen LogP contribution in [-0.2, 0) is 0 Å². The van der Waals surface area contributed by atoms with Gasteiger partial charge in [0.05, 0.1) is 0 Å². The Labute approximate surface area is 63.8 Å². The summed E-state index contributed by atoms with van der Waals surface area (Å²) in [4.78, 5) is 21.2. The van der Waals surface area contributed by atoms with Gasteiger partial charge in [-0.05, 0) is 6.42 Å². The van der Waals surface area contributed by atoms with Crippen molar-refractivity contribution in [1.29, 1.82) is 0 Å². The van der Waals surface area contributed by atoms with Crippen LogP contribution in [0.15, 0.2) is 0 Å². The van der Waals surface area contributed by atoms with Gasteiger partial charge in [-0.3, -0.25) is 0 Å². The maximum Gasteiger partial charge on any atom is 0.325 e. The minimum absolute atomic E-state index is 0.200. The predicted molar refractivity (Wildman–Crippen MR) is 37.3 cm³/mol. The molecule has 1 unspecified atom stereocenters. The van der Waals surface area contributed by atoms with Crippen LogP contribution in [0, 0.1) is 0 Å². The molecule has 0 aromatic heterocycles. The fourth-order valence-corrected chi connectivity index (χ4v) is 0.585. The van der Waals surface area contributed by atoms with Gasteiger partial charge in [0.1, 0.15) is 6.23 Å². The summed E-state index contributed by atoms with van der Waals surface area (Å²) in [5, 5.41) is 8.98. The molecule has 0 saturated heterocycles. The van der Waals surface area contributed by atoms with E-state index in [1.807, 2.05) is 0 Å². The van der Waals surface area contributed by atoms with Gasteiger partial charge in [0, 0.05) is 0 Å². The predicted octanol–water partition coefficient (Wildman–Crippen LogP) is -0.826. The summed E-state index contributed by atoms with van der Waals surface area (Å²) >= 11 is 0. The number of carbonyl (C=O) groups is 2. The molecule has 64 valence electrons. The molecule has 11 heavy (non-hydrogen) atoms. The zero-order chi connectivity index (χ0) is 9.02. The number of hydrogen-bond acceptors (Lipinski definition) is 3. The summed E-state index contributed by atoms with van der Waals surface area (Å²) in [6.45, 7) is 1.59. The summed E-state index contributed by atoms with van der Waals surface area (Å²) in [5.41, 5.74) is 9.48. The van der Waals surface area contributed by atoms with Gasteiger partial charge in [-0.1, -0.05) is 6.92 Å². The van der Waals surface area contributed by atoms with Crippen molar-refractivity contribution < 1.29 is 14.7 Å². The third-order valence-corrected chi connectivity index (χ3v) is 1.14. The van der Waals surface area contributed by atoms with Crippen molar-refractivity contribution in [1.82, 2.24) is 4.90 Å². The van der Waals surface area contributed by atoms with Gasteiger partial charge in [0.2, 0.25) is 0 Å². The Hall–Kier alpha value is -1.30. The highest BCUT2D eigenvalue weighted by molar-refractivity contribution is 5.92. The molecule has 0 aliphatic heterocycles. The number of rotatable bonds is 2. The highest BCUT2D eigenvalue weighted by Crippen LogP contribution is 1.98. The Morgan fingerprint density at radius 3 is 1.91 bits per heavy atom. The number of carbonyl (C=O) groups excluding carboxylic acids is 2. The second-order valence-electron chi connectivity index (χ2n) is 1.94. The van der Waals surface area contributed by atoms with Gasteiger partial charge in [-0.2, -0.15) is 0 Å². The minimum atomic E-state index is -1.23. The molecule has 6 nitrogen and oxygen atoms in total. The molecule has 0 fully saturated rings. The van der Waals surface area contributed by atoms with Crippen molar-refractivity contribution in [3.8, 4) is 0 Å². The third kappa shape index (κ3) is 2.42. The summed E-state index contributed by atoms with van der Waals surface area (Å²) in [6.07, 6.45) is -1.03. The van der Waals surface area contributed by atoms with Gasteiger partial charge in [0.25, 0.3) is 0 Å². The normalized spacial score (nSPS) is 12.2. The van der Waals surface area contributed by atoms with Crippen molar-refractivity contribution in [2.24, 2.45) is 11.5 Å². The Bertz CT molecular complexity index is 156. The van der Waals surface area contributed by atoms with E-state index in [4.69, 9.17) is 16.6 Å². The quantitative estimate of drug-likeness (QED) is 0.460. The van der Waals surface area contributed by atoms with Crippen LogP contribution in [0.5, 0.6) is 0 Å². The second kappa shape index (κ2) is 3.77. The smallest absolute Gasteiger partial charge is 0.325 e. The molecular formula is C5H11N3O3. The van der Waals surface area contributed by atoms with E-state index >= 15 is 0 Å². The molecule has 0 aromatic carbocycles. The number of aliphatic hydroxyl groups excluding tert-OH is 1. The molecule has 0 aliphatic rings. The largest absolute Gasteiger partial charge is 0.373 e. The molecule has 5 N–H and O–H groups in total. The molecule has 0 radical (unpaired) electrons. The zero-order valence-electron chi connectivity index (χ0n) is 6.15. The maximum atomic E-state index is 10.4. The molecule has 1 atom stereocenters. The van der Waals surface area contributed by atoms with Crippen LogP contribution in [0.2, 0.25) is 0 Å². The molecule has 0 saturated carbocycles. The van der Waals surface area contributed by atoms with Crippen LogP contribution in [0.3, 0.4) is 0 Å². The standard InChI is InChI=1S/C5H11N3O3/c1-2-3(9)8(4(6)10)5(7)11/h3,9H,2H2,1H3,(H2,6,10)(H2,7,11). The summed E-state index contributed by atoms with van der Waals surface area (Å²) in [5.74, 6) is 0. The SMILES string of the molecule is CCC(O)N(C(N)=O)C(N)=O. The van der Waals surface area contributed by atoms with Gasteiger partial charge < -0.3 is 16.6 Å². The molecular weight excluding hydrogens is 150 g/mol. The first kappa shape index (κ1) is 9.70. The lowest BCUT2D eigenvalue weighted by molar-refractivity contribution is 0.0548. The lowest BCUT2D eigenvalue weighted by Gasteiger charge is -2.20. The van der Waals surface area contributed by atoms with E-state index < -0.39 is 18.3 Å². The first-order valence-electron chi connectivity index (χ1n) is 3.06. The van der Waals surface area contributed by atoms with Crippen LogP contribution in [0.1, 0.15) is 13.3 Å². The Kier molecular flexibility index (Phi) is 3.32. The van der Waals surface area contributed by atoms with Crippen LogP contribution < -0.4 is 11.5 Å². The number of amides is 4. The third-order valence-electron chi connectivity index (χ3n) is 1.14. The first-order chi connectivity index (χ1) is 5.00. The van der Waals surface area contributed by atoms with E-state index in [1.165, 1.54) is 0 Å². The van der Waals surface area contributed by atoms with Crippen molar-refractivity contribution in [3.05, 3.63) is 0 Å². The molecule has 0 aromatic rings. The highest BCUT2D eigenvalue weighted by Gasteiger charge is 2.22. The summed E-state index contributed by atoms with van der Waals surface area (Å²) < 4.78 is 0. The Balaban J connectivity index is 4.34. The Morgan fingerprint density at radius 1 is 1.45 bits per heavy atom. The van der Waals surface area contributed by atoms with Crippen LogP contribution in [0.4, 0.5) is 9.59 Å². The number of nitrogens with two attached hydrogens (primary N) is 2. The van der Waals surface area contributed by atoms with Crippen molar-refractivity contribution >= 4 is 12.1 Å². The molecule has 0 rings (SSSR count). The summed E-state index contributed by atoms with van der Waals surface area (Å²) in [7, 11) is 0. The molecule has 6 heteroatoms. The fraction of sp³-hybridized carbons (Fsp3) is 0.600. The van der Waals surface area contributed by atoms with Crippen molar-refractivity contribution in [3.63, 3.8) is 0 Å². The van der Waals surface area contributed by atoms with Gasteiger partial charge in [-0.25, -0.2) is 14.5 Å². The van der Waals surface area contributed by atoms with Gasteiger partial charge in [0.15, 0.2) is 0 Å². The van der Waals surface area contributed by atoms with E-state index in [0.29, 0.717) is 4.90 Å². The van der Waals surface area contributed by atoms with E-state index in [1.54, 1.807) is 6.92 Å². The average molecular weight is 161 g/mol.